The summed E-state index contributed by atoms with van der Waals surface area (Å²) in [4.78, 5) is 26.5. The highest BCUT2D eigenvalue weighted by molar-refractivity contribution is 7.22. The summed E-state index contributed by atoms with van der Waals surface area (Å²) in [6.07, 6.45) is 1.38. The normalized spacial score (nSPS) is 11.0. The summed E-state index contributed by atoms with van der Waals surface area (Å²) in [5, 5.41) is 15.2. The average Bonchev–Trinajstić information content (AvgIpc) is 2.94. The molecule has 0 unspecified atom stereocenters. The summed E-state index contributed by atoms with van der Waals surface area (Å²) in [6, 6.07) is 11.6. The minimum atomic E-state index is -0.501. The number of nitrogen functional groups attached to an aromatic ring is 1. The monoisotopic (exact) mass is 355 g/mol. The predicted molar refractivity (Wildman–Crippen MR) is 96.6 cm³/mol. The molecule has 0 spiro atoms. The van der Waals surface area contributed by atoms with Crippen LogP contribution in [-0.2, 0) is 11.2 Å². The number of nitrogens with zero attached hydrogens (tertiary/aromatic N) is 3. The Morgan fingerprint density at radius 2 is 2.16 bits per heavy atom. The standard InChI is InChI=1S/C16H13N5O3S/c17-16-19-12-6-5-10(7-14(12)25-16)8-15(22)20-18-9-11-3-1-2-4-13(11)21(23)24/h1-7,9H,8H2,(H2,17,19)(H,20,22)/b18-9-. The third-order valence-electron chi connectivity index (χ3n) is 3.36. The number of carbonyl (C=O) groups is 1. The maximum Gasteiger partial charge on any atom is 0.278 e. The van der Waals surface area contributed by atoms with E-state index in [1.807, 2.05) is 6.07 Å². The molecule has 126 valence electrons. The van der Waals surface area contributed by atoms with Crippen LogP contribution in [0, 0.1) is 10.1 Å². The molecule has 8 nitrogen and oxygen atoms in total. The van der Waals surface area contributed by atoms with Crippen LogP contribution < -0.4 is 11.2 Å². The summed E-state index contributed by atoms with van der Waals surface area (Å²) in [6.45, 7) is 0. The maximum absolute atomic E-state index is 12.0. The van der Waals surface area contributed by atoms with Crippen molar-refractivity contribution in [2.45, 2.75) is 6.42 Å². The van der Waals surface area contributed by atoms with Gasteiger partial charge in [0, 0.05) is 6.07 Å². The Labute approximate surface area is 146 Å². The molecule has 0 fully saturated rings. The van der Waals surface area contributed by atoms with Gasteiger partial charge in [-0.1, -0.05) is 29.5 Å². The smallest absolute Gasteiger partial charge is 0.278 e. The first kappa shape index (κ1) is 16.5. The Hall–Kier alpha value is -3.33. The molecule has 25 heavy (non-hydrogen) atoms. The van der Waals surface area contributed by atoms with E-state index < -0.39 is 4.92 Å². The molecule has 1 amide bonds. The predicted octanol–water partition coefficient (Wildman–Crippen LogP) is 2.48. The van der Waals surface area contributed by atoms with Gasteiger partial charge in [0.05, 0.1) is 33.3 Å². The summed E-state index contributed by atoms with van der Waals surface area (Å²) >= 11 is 1.35. The summed E-state index contributed by atoms with van der Waals surface area (Å²) < 4.78 is 0.909. The largest absolute Gasteiger partial charge is 0.375 e. The number of hydrogen-bond donors (Lipinski definition) is 2. The van der Waals surface area contributed by atoms with E-state index in [0.717, 1.165) is 15.8 Å². The number of nitrogens with two attached hydrogens (primary N) is 1. The fourth-order valence-corrected chi connectivity index (χ4v) is 3.06. The number of benzene rings is 2. The molecule has 0 aliphatic carbocycles. The van der Waals surface area contributed by atoms with Crippen LogP contribution in [-0.4, -0.2) is 22.0 Å². The molecule has 1 heterocycles. The highest BCUT2D eigenvalue weighted by Crippen LogP contribution is 2.24. The molecule has 3 N–H and O–H groups in total. The number of carbonyl (C=O) groups excluding carboxylic acids is 1. The van der Waals surface area contributed by atoms with Gasteiger partial charge in [0.25, 0.3) is 5.69 Å². The van der Waals surface area contributed by atoms with Gasteiger partial charge < -0.3 is 5.73 Å². The van der Waals surface area contributed by atoms with Crippen LogP contribution in [0.15, 0.2) is 47.6 Å². The molecule has 3 rings (SSSR count). The Kier molecular flexibility index (Phi) is 4.66. The van der Waals surface area contributed by atoms with Crippen LogP contribution in [0.25, 0.3) is 10.2 Å². The highest BCUT2D eigenvalue weighted by atomic mass is 32.1. The Balaban J connectivity index is 1.65. The van der Waals surface area contributed by atoms with Gasteiger partial charge in [0.1, 0.15) is 0 Å². The number of fused-ring (bicyclic) bond motifs is 1. The molecule has 2 aromatic carbocycles. The van der Waals surface area contributed by atoms with Crippen molar-refractivity contribution < 1.29 is 9.72 Å². The number of aromatic nitrogens is 1. The van der Waals surface area contributed by atoms with Crippen LogP contribution in [0.5, 0.6) is 0 Å². The van der Waals surface area contributed by atoms with Crippen LogP contribution in [0.2, 0.25) is 0 Å². The lowest BCUT2D eigenvalue weighted by molar-refractivity contribution is -0.385. The van der Waals surface area contributed by atoms with Crippen molar-refractivity contribution in [3.8, 4) is 0 Å². The van der Waals surface area contributed by atoms with E-state index in [9.17, 15) is 14.9 Å². The lowest BCUT2D eigenvalue weighted by Crippen LogP contribution is -2.19. The topological polar surface area (TPSA) is 124 Å². The van der Waals surface area contributed by atoms with Crippen molar-refractivity contribution in [3.05, 3.63) is 63.7 Å². The molecular weight excluding hydrogens is 342 g/mol. The quantitative estimate of drug-likeness (QED) is 0.413. The maximum atomic E-state index is 12.0. The molecule has 3 aromatic rings. The van der Waals surface area contributed by atoms with Gasteiger partial charge in [-0.15, -0.1) is 0 Å². The van der Waals surface area contributed by atoms with Gasteiger partial charge in [0.15, 0.2) is 5.13 Å². The van der Waals surface area contributed by atoms with Gasteiger partial charge in [0.2, 0.25) is 5.91 Å². The number of nitro benzene ring substituents is 1. The minimum Gasteiger partial charge on any atom is -0.375 e. The second-order valence-electron chi connectivity index (χ2n) is 5.14. The van der Waals surface area contributed by atoms with Crippen LogP contribution >= 0.6 is 11.3 Å². The zero-order valence-electron chi connectivity index (χ0n) is 12.9. The zero-order chi connectivity index (χ0) is 17.8. The number of nitrogens with one attached hydrogen (secondary N) is 1. The first-order chi connectivity index (χ1) is 12.0. The van der Waals surface area contributed by atoms with E-state index in [4.69, 9.17) is 5.73 Å². The van der Waals surface area contributed by atoms with Gasteiger partial charge in [-0.2, -0.15) is 5.10 Å². The SMILES string of the molecule is Nc1nc2ccc(CC(=O)N/N=C\c3ccccc3[N+](=O)[O-])cc2s1. The Morgan fingerprint density at radius 3 is 2.96 bits per heavy atom. The molecule has 1 aromatic heterocycles. The van der Waals surface area contributed by atoms with E-state index in [-0.39, 0.29) is 18.0 Å². The third kappa shape index (κ3) is 3.96. The molecule has 0 radical (unpaired) electrons. The van der Waals surface area contributed by atoms with Crippen molar-refractivity contribution in [1.82, 2.24) is 10.4 Å². The summed E-state index contributed by atoms with van der Waals surface area (Å²) in [7, 11) is 0. The second kappa shape index (κ2) is 7.05. The number of nitro groups is 1. The number of hydrogen-bond acceptors (Lipinski definition) is 7. The summed E-state index contributed by atoms with van der Waals surface area (Å²) in [5.41, 5.74) is 9.86. The van der Waals surface area contributed by atoms with E-state index in [0.29, 0.717) is 10.7 Å². The Bertz CT molecular complexity index is 983. The molecule has 0 saturated carbocycles. The molecule has 0 aliphatic rings. The van der Waals surface area contributed by atoms with Crippen LogP contribution in [0.4, 0.5) is 10.8 Å². The fourth-order valence-electron chi connectivity index (χ4n) is 2.26. The zero-order valence-corrected chi connectivity index (χ0v) is 13.7. The highest BCUT2D eigenvalue weighted by Gasteiger charge is 2.10. The Morgan fingerprint density at radius 1 is 1.36 bits per heavy atom. The van der Waals surface area contributed by atoms with Crippen molar-refractivity contribution in [2.24, 2.45) is 5.10 Å². The lowest BCUT2D eigenvalue weighted by Gasteiger charge is -2.01. The van der Waals surface area contributed by atoms with Gasteiger partial charge in [-0.3, -0.25) is 14.9 Å². The second-order valence-corrected chi connectivity index (χ2v) is 6.20. The number of para-hydroxylation sites is 1. The molecule has 0 aliphatic heterocycles. The molecule has 0 saturated heterocycles. The molecule has 0 bridgehead atoms. The van der Waals surface area contributed by atoms with E-state index in [2.05, 4.69) is 15.5 Å². The van der Waals surface area contributed by atoms with Crippen LogP contribution in [0.1, 0.15) is 11.1 Å². The van der Waals surface area contributed by atoms with Gasteiger partial charge in [-0.25, -0.2) is 10.4 Å². The van der Waals surface area contributed by atoms with E-state index in [1.165, 1.54) is 23.6 Å². The number of rotatable bonds is 5. The average molecular weight is 355 g/mol. The van der Waals surface area contributed by atoms with Crippen molar-refractivity contribution in [3.63, 3.8) is 0 Å². The molecule has 9 heteroatoms. The first-order valence-corrected chi connectivity index (χ1v) is 8.05. The summed E-state index contributed by atoms with van der Waals surface area (Å²) in [5.74, 6) is -0.327. The van der Waals surface area contributed by atoms with Crippen molar-refractivity contribution in [2.75, 3.05) is 5.73 Å². The minimum absolute atomic E-state index is 0.0752. The number of thiazole rings is 1. The number of amides is 1. The van der Waals surface area contributed by atoms with Crippen molar-refractivity contribution >= 4 is 44.5 Å². The molecule has 0 atom stereocenters. The van der Waals surface area contributed by atoms with E-state index >= 15 is 0 Å². The van der Waals surface area contributed by atoms with Crippen molar-refractivity contribution in [1.29, 1.82) is 0 Å². The molecular formula is C16H13N5O3S. The fraction of sp³-hybridized carbons (Fsp3) is 0.0625. The van der Waals surface area contributed by atoms with Gasteiger partial charge >= 0.3 is 0 Å². The van der Waals surface area contributed by atoms with Crippen LogP contribution in [0.3, 0.4) is 0 Å². The number of anilines is 1. The third-order valence-corrected chi connectivity index (χ3v) is 4.21. The first-order valence-electron chi connectivity index (χ1n) is 7.23. The van der Waals surface area contributed by atoms with Gasteiger partial charge in [-0.05, 0) is 23.8 Å². The van der Waals surface area contributed by atoms with E-state index in [1.54, 1.807) is 30.3 Å². The lowest BCUT2D eigenvalue weighted by atomic mass is 10.1. The number of hydrazone groups is 1.